The number of hydrogen-bond acceptors (Lipinski definition) is 3. The molecule has 1 heterocycles. The Morgan fingerprint density at radius 3 is 2.23 bits per heavy atom. The van der Waals surface area contributed by atoms with E-state index < -0.39 is 22.9 Å². The molecule has 0 aliphatic rings. The van der Waals surface area contributed by atoms with Crippen LogP contribution in [0.15, 0.2) is 35.1 Å². The third kappa shape index (κ3) is 4.00. The first-order valence-corrected chi connectivity index (χ1v) is 7.98. The highest BCUT2D eigenvalue weighted by atomic mass is 19.4. The lowest BCUT2D eigenvalue weighted by atomic mass is 9.49. The van der Waals surface area contributed by atoms with E-state index in [0.29, 0.717) is 11.4 Å². The number of benzene rings is 1. The van der Waals surface area contributed by atoms with Gasteiger partial charge in [-0.3, -0.25) is 14.3 Å². The molecule has 1 aromatic carbocycles. The highest BCUT2D eigenvalue weighted by molar-refractivity contribution is 6.56. The molecule has 0 saturated heterocycles. The summed E-state index contributed by atoms with van der Waals surface area (Å²) in [4.78, 5) is 23.6. The van der Waals surface area contributed by atoms with E-state index in [1.54, 1.807) is 40.3 Å². The monoisotopic (exact) mass is 364 g/mol. The van der Waals surface area contributed by atoms with Crippen molar-refractivity contribution in [2.75, 3.05) is 12.3 Å². The lowest BCUT2D eigenvalue weighted by molar-refractivity contribution is -0.173. The summed E-state index contributed by atoms with van der Waals surface area (Å²) in [6.07, 6.45) is -4.97. The van der Waals surface area contributed by atoms with Gasteiger partial charge in [-0.1, -0.05) is 18.2 Å². The van der Waals surface area contributed by atoms with Crippen LogP contribution >= 0.6 is 0 Å². The Morgan fingerprint density at radius 1 is 1.15 bits per heavy atom. The molecular formula is C14H18B3F3N4O2. The smallest absolute Gasteiger partial charge is 0.393 e. The number of carbonyl (C=O) groups is 1. The second kappa shape index (κ2) is 7.01. The standard InChI is InChI=1S/C14H18B3F3N4O2/c15-14(16,17)24-9(6-7-22-12(26)13(18,19)20)10(21)11(25)23(24)8-4-2-1-3-5-8/h1-5H,6-7,15-17,21H2,(H,22,26). The van der Waals surface area contributed by atoms with E-state index in [4.69, 9.17) is 5.73 Å². The van der Waals surface area contributed by atoms with Crippen molar-refractivity contribution in [1.82, 2.24) is 14.7 Å². The minimum Gasteiger partial charge on any atom is -0.393 e. The zero-order chi connectivity index (χ0) is 19.7. The number of rotatable bonds is 5. The van der Waals surface area contributed by atoms with Crippen molar-refractivity contribution >= 4 is 35.1 Å². The lowest BCUT2D eigenvalue weighted by Gasteiger charge is -2.28. The molecule has 0 atom stereocenters. The van der Waals surface area contributed by atoms with E-state index >= 15 is 0 Å². The first-order chi connectivity index (χ1) is 11.9. The van der Waals surface area contributed by atoms with Crippen LogP contribution in [0.1, 0.15) is 5.69 Å². The average Bonchev–Trinajstić information content (AvgIpc) is 2.79. The maximum atomic E-state index is 12.7. The van der Waals surface area contributed by atoms with Crippen molar-refractivity contribution in [3.05, 3.63) is 46.4 Å². The molecule has 0 unspecified atom stereocenters. The van der Waals surface area contributed by atoms with Crippen LogP contribution < -0.4 is 16.6 Å². The molecule has 1 amide bonds. The maximum Gasteiger partial charge on any atom is 0.471 e. The van der Waals surface area contributed by atoms with Gasteiger partial charge in [-0.2, -0.15) is 13.2 Å². The highest BCUT2D eigenvalue weighted by Gasteiger charge is 2.38. The van der Waals surface area contributed by atoms with Crippen LogP contribution in [0.3, 0.4) is 0 Å². The number of hydrogen-bond donors (Lipinski definition) is 2. The van der Waals surface area contributed by atoms with Crippen LogP contribution in [0.5, 0.6) is 0 Å². The van der Waals surface area contributed by atoms with E-state index in [2.05, 4.69) is 0 Å². The molecule has 26 heavy (non-hydrogen) atoms. The van der Waals surface area contributed by atoms with Crippen molar-refractivity contribution < 1.29 is 18.0 Å². The number of anilines is 1. The van der Waals surface area contributed by atoms with Gasteiger partial charge in [-0.15, -0.1) is 0 Å². The minimum atomic E-state index is -4.95. The summed E-state index contributed by atoms with van der Waals surface area (Å²) in [5.41, 5.74) is 6.40. The lowest BCUT2D eigenvalue weighted by Crippen LogP contribution is -2.43. The van der Waals surface area contributed by atoms with E-state index in [9.17, 15) is 22.8 Å². The van der Waals surface area contributed by atoms with E-state index in [-0.39, 0.29) is 18.7 Å². The number of nitrogen functional groups attached to an aromatic ring is 1. The Labute approximate surface area is 150 Å². The summed E-state index contributed by atoms with van der Waals surface area (Å²) < 4.78 is 40.0. The molecule has 2 aromatic rings. The van der Waals surface area contributed by atoms with Gasteiger partial charge < -0.3 is 11.1 Å². The number of aromatic nitrogens is 2. The Kier molecular flexibility index (Phi) is 5.34. The summed E-state index contributed by atoms with van der Waals surface area (Å²) in [6.45, 7) is -0.295. The van der Waals surface area contributed by atoms with Crippen molar-refractivity contribution in [3.63, 3.8) is 0 Å². The van der Waals surface area contributed by atoms with Crippen LogP contribution in [0.25, 0.3) is 5.69 Å². The van der Waals surface area contributed by atoms with Crippen LogP contribution in [0.2, 0.25) is 0 Å². The van der Waals surface area contributed by atoms with Gasteiger partial charge in [0.2, 0.25) is 0 Å². The quantitative estimate of drug-likeness (QED) is 0.598. The number of nitrogens with one attached hydrogen (secondary N) is 1. The fourth-order valence-electron chi connectivity index (χ4n) is 2.71. The fourth-order valence-corrected chi connectivity index (χ4v) is 2.71. The molecule has 0 saturated carbocycles. The fraction of sp³-hybridized carbons (Fsp3) is 0.286. The van der Waals surface area contributed by atoms with Crippen molar-refractivity contribution in [2.45, 2.75) is 17.8 Å². The largest absolute Gasteiger partial charge is 0.471 e. The van der Waals surface area contributed by atoms with Gasteiger partial charge in [0, 0.05) is 13.0 Å². The zero-order valence-corrected chi connectivity index (χ0v) is 14.7. The molecule has 1 aromatic heterocycles. The van der Waals surface area contributed by atoms with Gasteiger partial charge in [0.15, 0.2) is 0 Å². The molecule has 0 radical (unpaired) electrons. The molecule has 0 aliphatic heterocycles. The maximum absolute atomic E-state index is 12.7. The number of carbonyl (C=O) groups excluding carboxylic acids is 1. The molecule has 12 heteroatoms. The normalized spacial score (nSPS) is 12.1. The molecule has 3 N–H and O–H groups in total. The Morgan fingerprint density at radius 2 is 1.73 bits per heavy atom. The van der Waals surface area contributed by atoms with Gasteiger partial charge in [0.1, 0.15) is 29.2 Å². The summed E-state index contributed by atoms with van der Waals surface area (Å²) >= 11 is 0. The number of nitrogens with two attached hydrogens (primary N) is 1. The van der Waals surface area contributed by atoms with Crippen molar-refractivity contribution in [2.24, 2.45) is 0 Å². The SMILES string of the molecule is BC(B)(B)n1c(CCNC(=O)C(F)(F)F)c(N)c(=O)n1-c1ccccc1. The Balaban J connectivity index is 2.44. The van der Waals surface area contributed by atoms with Gasteiger partial charge in [-0.25, -0.2) is 4.68 Å². The second-order valence-electron chi connectivity index (χ2n) is 6.80. The third-order valence-corrected chi connectivity index (χ3v) is 3.73. The topological polar surface area (TPSA) is 82.1 Å². The number of alkyl halides is 3. The van der Waals surface area contributed by atoms with Crippen LogP contribution in [0.4, 0.5) is 18.9 Å². The average molecular weight is 364 g/mol. The number of amides is 1. The Bertz CT molecular complexity index is 857. The number of nitrogens with zero attached hydrogens (tertiary/aromatic N) is 2. The zero-order valence-electron chi connectivity index (χ0n) is 14.7. The highest BCUT2D eigenvalue weighted by Crippen LogP contribution is 2.19. The third-order valence-electron chi connectivity index (χ3n) is 3.73. The van der Waals surface area contributed by atoms with Gasteiger partial charge in [0.25, 0.3) is 5.56 Å². The molecule has 2 rings (SSSR count). The first-order valence-electron chi connectivity index (χ1n) is 7.98. The first kappa shape index (κ1) is 19.8. The summed E-state index contributed by atoms with van der Waals surface area (Å²) in [7, 11) is 5.55. The molecule has 0 spiro atoms. The van der Waals surface area contributed by atoms with Crippen molar-refractivity contribution in [3.8, 4) is 5.69 Å². The second-order valence-corrected chi connectivity index (χ2v) is 6.80. The van der Waals surface area contributed by atoms with Gasteiger partial charge >= 0.3 is 12.1 Å². The van der Waals surface area contributed by atoms with E-state index in [1.165, 1.54) is 4.68 Å². The van der Waals surface area contributed by atoms with Crippen molar-refractivity contribution in [1.29, 1.82) is 0 Å². The molecule has 6 nitrogen and oxygen atoms in total. The number of halogens is 3. The molecule has 0 bridgehead atoms. The predicted octanol–water partition coefficient (Wildman–Crippen LogP) is -2.09. The molecule has 136 valence electrons. The Hall–Kier alpha value is -2.52. The summed E-state index contributed by atoms with van der Waals surface area (Å²) in [5, 5.41) is 1.23. The minimum absolute atomic E-state index is 0.0139. The van der Waals surface area contributed by atoms with Crippen LogP contribution in [-0.2, 0) is 16.5 Å². The van der Waals surface area contributed by atoms with E-state index in [1.807, 2.05) is 23.5 Å². The van der Waals surface area contributed by atoms with Crippen LogP contribution in [-0.4, -0.2) is 51.5 Å². The summed E-state index contributed by atoms with van der Waals surface area (Å²) in [5.74, 6) is -2.02. The van der Waals surface area contributed by atoms with E-state index in [0.717, 1.165) is 0 Å². The van der Waals surface area contributed by atoms with Gasteiger partial charge in [0.05, 0.1) is 11.4 Å². The predicted molar refractivity (Wildman–Crippen MR) is 101 cm³/mol. The molecule has 0 aliphatic carbocycles. The van der Waals surface area contributed by atoms with Gasteiger partial charge in [-0.05, 0) is 17.4 Å². The number of para-hydroxylation sites is 1. The van der Waals surface area contributed by atoms with Crippen LogP contribution in [0, 0.1) is 0 Å². The summed E-state index contributed by atoms with van der Waals surface area (Å²) in [6, 6.07) is 8.80. The molecular weight excluding hydrogens is 346 g/mol. The molecule has 0 fully saturated rings.